The van der Waals surface area contributed by atoms with Crippen molar-refractivity contribution in [3.63, 3.8) is 0 Å². The van der Waals surface area contributed by atoms with E-state index < -0.39 is 0 Å². The summed E-state index contributed by atoms with van der Waals surface area (Å²) in [7, 11) is 0. The molecule has 0 aromatic heterocycles. The Labute approximate surface area is 171 Å². The van der Waals surface area contributed by atoms with Gasteiger partial charge in [0.2, 0.25) is 5.91 Å². The molecule has 7 nitrogen and oxygen atoms in total. The minimum absolute atomic E-state index is 0. The summed E-state index contributed by atoms with van der Waals surface area (Å²) in [6.45, 7) is 4.73. The van der Waals surface area contributed by atoms with Crippen molar-refractivity contribution in [1.82, 2.24) is 0 Å². The number of nitrogens with one attached hydrogen (secondary N) is 2. The number of ether oxygens (including phenoxy) is 2. The van der Waals surface area contributed by atoms with Gasteiger partial charge in [-0.25, -0.2) is 0 Å². The van der Waals surface area contributed by atoms with Crippen molar-refractivity contribution in [1.29, 1.82) is 0 Å². The van der Waals surface area contributed by atoms with Gasteiger partial charge in [0.15, 0.2) is 0 Å². The quantitative estimate of drug-likeness (QED) is 0.590. The topological polar surface area (TPSA) is 103 Å². The summed E-state index contributed by atoms with van der Waals surface area (Å²) in [5.41, 5.74) is 6.89. The predicted octanol–water partition coefficient (Wildman–Crippen LogP) is 3.45. The molecule has 0 aliphatic carbocycles. The molecule has 0 radical (unpaired) electrons. The normalized spacial score (nSPS) is 9.82. The third-order valence-corrected chi connectivity index (χ3v) is 3.61. The van der Waals surface area contributed by atoms with E-state index in [1.54, 1.807) is 36.4 Å². The molecule has 0 saturated carbocycles. The Balaban J connectivity index is 0.00000392. The smallest absolute Gasteiger partial charge is 0.255 e. The first-order chi connectivity index (χ1) is 13.1. The molecule has 2 aromatic rings. The highest BCUT2D eigenvalue weighted by Crippen LogP contribution is 2.37. The standard InChI is InChI=1S/C20H25N3O4.ClH/c1-3-26-17-13-16(23-20(25)14-8-6-5-7-9-14)18(27-4-2)12-15(17)22-19(24)10-11-21;/h5-9,12-13H,3-4,10-11,21H2,1-2H3,(H,22,24)(H,23,25);1H. The molecule has 0 aliphatic heterocycles. The van der Waals surface area contributed by atoms with Crippen LogP contribution in [0.1, 0.15) is 30.6 Å². The fourth-order valence-electron chi connectivity index (χ4n) is 2.43. The van der Waals surface area contributed by atoms with Crippen LogP contribution in [0.5, 0.6) is 11.5 Å². The number of benzene rings is 2. The van der Waals surface area contributed by atoms with Crippen LogP contribution in [-0.4, -0.2) is 31.6 Å². The lowest BCUT2D eigenvalue weighted by molar-refractivity contribution is -0.116. The van der Waals surface area contributed by atoms with E-state index in [9.17, 15) is 9.59 Å². The molecule has 0 atom stereocenters. The van der Waals surface area contributed by atoms with Gasteiger partial charge in [-0.1, -0.05) is 18.2 Å². The zero-order valence-corrected chi connectivity index (χ0v) is 16.8. The van der Waals surface area contributed by atoms with E-state index in [0.29, 0.717) is 41.7 Å². The number of amides is 2. The van der Waals surface area contributed by atoms with E-state index in [-0.39, 0.29) is 37.2 Å². The number of nitrogens with two attached hydrogens (primary N) is 1. The van der Waals surface area contributed by atoms with Crippen molar-refractivity contribution in [3.8, 4) is 11.5 Å². The second-order valence-electron chi connectivity index (χ2n) is 5.62. The second-order valence-corrected chi connectivity index (χ2v) is 5.62. The highest BCUT2D eigenvalue weighted by Gasteiger charge is 2.16. The summed E-state index contributed by atoms with van der Waals surface area (Å²) >= 11 is 0. The van der Waals surface area contributed by atoms with E-state index >= 15 is 0 Å². The predicted molar refractivity (Wildman–Crippen MR) is 113 cm³/mol. The Bertz CT molecular complexity index is 785. The molecular weight excluding hydrogens is 382 g/mol. The number of rotatable bonds is 9. The summed E-state index contributed by atoms with van der Waals surface area (Å²) < 4.78 is 11.3. The molecule has 2 amide bonds. The van der Waals surface area contributed by atoms with Crippen molar-refractivity contribution < 1.29 is 19.1 Å². The molecular formula is C20H26ClN3O4. The van der Waals surface area contributed by atoms with Crippen LogP contribution in [-0.2, 0) is 4.79 Å². The average molecular weight is 408 g/mol. The van der Waals surface area contributed by atoms with Gasteiger partial charge in [0.05, 0.1) is 24.6 Å². The Morgan fingerprint density at radius 2 is 1.46 bits per heavy atom. The van der Waals surface area contributed by atoms with Crippen LogP contribution in [0.2, 0.25) is 0 Å². The molecule has 2 aromatic carbocycles. The monoisotopic (exact) mass is 407 g/mol. The molecule has 0 saturated heterocycles. The maximum atomic E-state index is 12.5. The Hall–Kier alpha value is -2.77. The summed E-state index contributed by atoms with van der Waals surface area (Å²) in [6, 6.07) is 12.2. The lowest BCUT2D eigenvalue weighted by atomic mass is 10.2. The van der Waals surface area contributed by atoms with Gasteiger partial charge in [-0.3, -0.25) is 9.59 Å². The number of anilines is 2. The van der Waals surface area contributed by atoms with Crippen molar-refractivity contribution in [3.05, 3.63) is 48.0 Å². The van der Waals surface area contributed by atoms with Gasteiger partial charge in [-0.05, 0) is 26.0 Å². The first kappa shape index (κ1) is 23.3. The highest BCUT2D eigenvalue weighted by atomic mass is 35.5. The average Bonchev–Trinajstić information content (AvgIpc) is 2.66. The van der Waals surface area contributed by atoms with Crippen LogP contribution in [0, 0.1) is 0 Å². The van der Waals surface area contributed by atoms with Gasteiger partial charge in [0.1, 0.15) is 11.5 Å². The summed E-state index contributed by atoms with van der Waals surface area (Å²) in [6.07, 6.45) is 0.196. The number of hydrogen-bond acceptors (Lipinski definition) is 5. The van der Waals surface area contributed by atoms with Crippen LogP contribution >= 0.6 is 12.4 Å². The van der Waals surface area contributed by atoms with E-state index in [4.69, 9.17) is 15.2 Å². The second kappa shape index (κ2) is 11.8. The minimum atomic E-state index is -0.265. The van der Waals surface area contributed by atoms with E-state index in [1.165, 1.54) is 0 Å². The van der Waals surface area contributed by atoms with Crippen molar-refractivity contribution in [2.24, 2.45) is 5.73 Å². The molecule has 0 bridgehead atoms. The number of carbonyl (C=O) groups is 2. The molecule has 0 unspecified atom stereocenters. The van der Waals surface area contributed by atoms with Crippen LogP contribution in [0.25, 0.3) is 0 Å². The van der Waals surface area contributed by atoms with Crippen LogP contribution < -0.4 is 25.8 Å². The fourth-order valence-corrected chi connectivity index (χ4v) is 2.43. The summed E-state index contributed by atoms with van der Waals surface area (Å²) in [4.78, 5) is 24.4. The highest BCUT2D eigenvalue weighted by molar-refractivity contribution is 6.05. The maximum Gasteiger partial charge on any atom is 0.255 e. The first-order valence-corrected chi connectivity index (χ1v) is 8.89. The lowest BCUT2D eigenvalue weighted by Crippen LogP contribution is -2.17. The number of halogens is 1. The number of hydrogen-bond donors (Lipinski definition) is 3. The Morgan fingerprint density at radius 3 is 1.96 bits per heavy atom. The Morgan fingerprint density at radius 1 is 0.929 bits per heavy atom. The van der Waals surface area contributed by atoms with Crippen LogP contribution in [0.15, 0.2) is 42.5 Å². The molecule has 152 valence electrons. The van der Waals surface area contributed by atoms with E-state index in [1.807, 2.05) is 19.9 Å². The first-order valence-electron chi connectivity index (χ1n) is 8.89. The molecule has 0 spiro atoms. The van der Waals surface area contributed by atoms with Gasteiger partial charge < -0.3 is 25.8 Å². The van der Waals surface area contributed by atoms with E-state index in [2.05, 4.69) is 10.6 Å². The molecule has 0 fully saturated rings. The SMILES string of the molecule is CCOc1cc(NC(=O)c2ccccc2)c(OCC)cc1NC(=O)CCN.Cl. The van der Waals surface area contributed by atoms with Gasteiger partial charge in [-0.15, -0.1) is 12.4 Å². The van der Waals surface area contributed by atoms with Crippen molar-refractivity contribution in [2.75, 3.05) is 30.4 Å². The maximum absolute atomic E-state index is 12.5. The van der Waals surface area contributed by atoms with Crippen molar-refractivity contribution >= 4 is 35.6 Å². The molecule has 0 heterocycles. The van der Waals surface area contributed by atoms with Crippen LogP contribution in [0.3, 0.4) is 0 Å². The molecule has 8 heteroatoms. The van der Waals surface area contributed by atoms with Gasteiger partial charge in [0.25, 0.3) is 5.91 Å². The summed E-state index contributed by atoms with van der Waals surface area (Å²) in [5.74, 6) is 0.392. The third kappa shape index (κ3) is 6.44. The van der Waals surface area contributed by atoms with Gasteiger partial charge >= 0.3 is 0 Å². The largest absolute Gasteiger partial charge is 0.492 e. The summed E-state index contributed by atoms with van der Waals surface area (Å²) in [5, 5.41) is 5.61. The van der Waals surface area contributed by atoms with Crippen molar-refractivity contribution in [2.45, 2.75) is 20.3 Å². The Kier molecular flexibility index (Phi) is 9.84. The lowest BCUT2D eigenvalue weighted by Gasteiger charge is -2.17. The molecule has 4 N–H and O–H groups in total. The molecule has 28 heavy (non-hydrogen) atoms. The van der Waals surface area contributed by atoms with E-state index in [0.717, 1.165) is 0 Å². The van der Waals surface area contributed by atoms with Crippen LogP contribution in [0.4, 0.5) is 11.4 Å². The zero-order valence-electron chi connectivity index (χ0n) is 16.0. The van der Waals surface area contributed by atoms with Gasteiger partial charge in [-0.2, -0.15) is 0 Å². The fraction of sp³-hybridized carbons (Fsp3) is 0.300. The molecule has 0 aliphatic rings. The molecule has 2 rings (SSSR count). The minimum Gasteiger partial charge on any atom is -0.492 e. The third-order valence-electron chi connectivity index (χ3n) is 3.61. The van der Waals surface area contributed by atoms with Gasteiger partial charge in [0, 0.05) is 30.7 Å². The number of carbonyl (C=O) groups excluding carboxylic acids is 2. The zero-order chi connectivity index (χ0) is 19.6.